The van der Waals surface area contributed by atoms with E-state index >= 15 is 0 Å². The van der Waals surface area contributed by atoms with Gasteiger partial charge < -0.3 is 9.64 Å². The number of fused-ring (bicyclic) bond motifs is 1. The minimum atomic E-state index is -0.371. The molecule has 0 bridgehead atoms. The van der Waals surface area contributed by atoms with Gasteiger partial charge in [-0.05, 0) is 72.1 Å². The molecule has 3 aromatic rings. The Kier molecular flexibility index (Phi) is 5.62. The second kappa shape index (κ2) is 8.33. The summed E-state index contributed by atoms with van der Waals surface area (Å²) in [7, 11) is 0. The van der Waals surface area contributed by atoms with Gasteiger partial charge in [0.1, 0.15) is 11.6 Å². The Hall–Kier alpha value is -2.73. The number of halogens is 2. The highest BCUT2D eigenvalue weighted by molar-refractivity contribution is 9.10. The molecule has 1 aliphatic rings. The maximum Gasteiger partial charge on any atom is 0.314 e. The van der Waals surface area contributed by atoms with Crippen LogP contribution in [0.25, 0.3) is 10.8 Å². The minimum Gasteiger partial charge on any atom is -0.426 e. The van der Waals surface area contributed by atoms with Crippen LogP contribution in [0.5, 0.6) is 5.75 Å². The number of benzene rings is 3. The van der Waals surface area contributed by atoms with E-state index in [0.29, 0.717) is 37.2 Å². The van der Waals surface area contributed by atoms with Gasteiger partial charge in [-0.25, -0.2) is 4.39 Å². The van der Waals surface area contributed by atoms with Crippen molar-refractivity contribution in [2.45, 2.75) is 12.8 Å². The molecular weight excluding hydrogens is 437 g/mol. The molecule has 0 atom stereocenters. The highest BCUT2D eigenvalue weighted by Crippen LogP contribution is 2.26. The lowest BCUT2D eigenvalue weighted by atomic mass is 9.96. The van der Waals surface area contributed by atoms with Crippen LogP contribution in [0.1, 0.15) is 23.2 Å². The molecule has 1 saturated heterocycles. The first kappa shape index (κ1) is 19.6. The molecule has 0 aliphatic carbocycles. The van der Waals surface area contributed by atoms with Gasteiger partial charge in [0.2, 0.25) is 0 Å². The molecular formula is C23H19BrFNO3. The van der Waals surface area contributed by atoms with Gasteiger partial charge in [0, 0.05) is 23.1 Å². The van der Waals surface area contributed by atoms with E-state index in [0.717, 1.165) is 15.2 Å². The molecule has 0 spiro atoms. The molecule has 6 heteroatoms. The molecule has 0 aromatic heterocycles. The number of amides is 1. The number of likely N-dealkylation sites (tertiary alicyclic amines) is 1. The second-order valence-electron chi connectivity index (χ2n) is 7.15. The fourth-order valence-corrected chi connectivity index (χ4v) is 3.93. The minimum absolute atomic E-state index is 0.141. The Morgan fingerprint density at radius 1 is 0.931 bits per heavy atom. The molecule has 1 amide bonds. The van der Waals surface area contributed by atoms with Gasteiger partial charge in [-0.15, -0.1) is 0 Å². The summed E-state index contributed by atoms with van der Waals surface area (Å²) in [5, 5.41) is 2.06. The molecule has 0 N–H and O–H groups in total. The second-order valence-corrected chi connectivity index (χ2v) is 8.06. The van der Waals surface area contributed by atoms with Crippen molar-refractivity contribution < 1.29 is 18.7 Å². The van der Waals surface area contributed by atoms with Crippen LogP contribution in [0.15, 0.2) is 65.1 Å². The number of nitrogens with zero attached hydrogens (tertiary/aromatic N) is 1. The Labute approximate surface area is 176 Å². The van der Waals surface area contributed by atoms with Gasteiger partial charge in [-0.1, -0.05) is 28.1 Å². The normalized spacial score (nSPS) is 14.8. The van der Waals surface area contributed by atoms with Crippen molar-refractivity contribution in [3.8, 4) is 5.75 Å². The van der Waals surface area contributed by atoms with Gasteiger partial charge in [0.25, 0.3) is 5.91 Å². The van der Waals surface area contributed by atoms with Crippen LogP contribution in [0, 0.1) is 11.7 Å². The first-order valence-electron chi connectivity index (χ1n) is 9.45. The van der Waals surface area contributed by atoms with E-state index in [1.807, 2.05) is 30.3 Å². The van der Waals surface area contributed by atoms with Crippen LogP contribution < -0.4 is 4.74 Å². The lowest BCUT2D eigenvalue weighted by Crippen LogP contribution is -2.41. The van der Waals surface area contributed by atoms with E-state index in [1.165, 1.54) is 24.3 Å². The molecule has 0 unspecified atom stereocenters. The average Bonchev–Trinajstić information content (AvgIpc) is 2.74. The summed E-state index contributed by atoms with van der Waals surface area (Å²) in [4.78, 5) is 26.8. The summed E-state index contributed by atoms with van der Waals surface area (Å²) in [6.07, 6.45) is 1.10. The molecule has 148 valence electrons. The summed E-state index contributed by atoms with van der Waals surface area (Å²) in [5.74, 6) is -0.500. The van der Waals surface area contributed by atoms with Crippen molar-refractivity contribution in [1.29, 1.82) is 0 Å². The third-order valence-electron chi connectivity index (χ3n) is 5.20. The zero-order valence-electron chi connectivity index (χ0n) is 15.6. The molecule has 0 radical (unpaired) electrons. The Balaban J connectivity index is 1.36. The fraction of sp³-hybridized carbons (Fsp3) is 0.217. The smallest absolute Gasteiger partial charge is 0.314 e. The van der Waals surface area contributed by atoms with Gasteiger partial charge in [0.05, 0.1) is 5.92 Å². The summed E-state index contributed by atoms with van der Waals surface area (Å²) >= 11 is 3.45. The zero-order valence-corrected chi connectivity index (χ0v) is 17.2. The lowest BCUT2D eigenvalue weighted by molar-refractivity contribution is -0.140. The standard InChI is InChI=1S/C23H19BrFNO3/c24-19-5-1-18-14-21(8-4-17(18)13-19)29-23(28)16-9-11-26(12-10-16)22(27)15-2-6-20(25)7-3-15/h1-8,13-14,16H,9-12H2. The van der Waals surface area contributed by atoms with Gasteiger partial charge in [-0.2, -0.15) is 0 Å². The van der Waals surface area contributed by atoms with E-state index in [-0.39, 0.29) is 23.6 Å². The molecule has 0 saturated carbocycles. The highest BCUT2D eigenvalue weighted by Gasteiger charge is 2.29. The summed E-state index contributed by atoms with van der Waals surface area (Å²) < 4.78 is 19.6. The quantitative estimate of drug-likeness (QED) is 0.402. The molecule has 3 aromatic carbocycles. The fourth-order valence-electron chi connectivity index (χ4n) is 3.55. The van der Waals surface area contributed by atoms with E-state index < -0.39 is 0 Å². The van der Waals surface area contributed by atoms with Crippen LogP contribution in [0.2, 0.25) is 0 Å². The van der Waals surface area contributed by atoms with E-state index in [1.54, 1.807) is 11.0 Å². The first-order chi connectivity index (χ1) is 14.0. The summed E-state index contributed by atoms with van der Waals surface area (Å²) in [6, 6.07) is 17.0. The van der Waals surface area contributed by atoms with E-state index in [2.05, 4.69) is 15.9 Å². The highest BCUT2D eigenvalue weighted by atomic mass is 79.9. The first-order valence-corrected chi connectivity index (χ1v) is 10.2. The molecule has 4 nitrogen and oxygen atoms in total. The number of piperidine rings is 1. The molecule has 29 heavy (non-hydrogen) atoms. The number of esters is 1. The zero-order chi connectivity index (χ0) is 20.4. The largest absolute Gasteiger partial charge is 0.426 e. The van der Waals surface area contributed by atoms with Crippen molar-refractivity contribution in [3.05, 3.63) is 76.5 Å². The molecule has 1 fully saturated rings. The van der Waals surface area contributed by atoms with Crippen molar-refractivity contribution in [3.63, 3.8) is 0 Å². The number of carbonyl (C=O) groups is 2. The van der Waals surface area contributed by atoms with E-state index in [4.69, 9.17) is 4.74 Å². The third kappa shape index (κ3) is 4.48. The number of hydrogen-bond acceptors (Lipinski definition) is 3. The van der Waals surface area contributed by atoms with Crippen LogP contribution in [-0.4, -0.2) is 29.9 Å². The van der Waals surface area contributed by atoms with Crippen molar-refractivity contribution >= 4 is 38.6 Å². The van der Waals surface area contributed by atoms with Crippen LogP contribution in [0.4, 0.5) is 4.39 Å². The topological polar surface area (TPSA) is 46.6 Å². The van der Waals surface area contributed by atoms with E-state index in [9.17, 15) is 14.0 Å². The monoisotopic (exact) mass is 455 g/mol. The molecule has 1 heterocycles. The Morgan fingerprint density at radius 2 is 1.59 bits per heavy atom. The van der Waals surface area contributed by atoms with Gasteiger partial charge in [-0.3, -0.25) is 9.59 Å². The lowest BCUT2D eigenvalue weighted by Gasteiger charge is -2.31. The van der Waals surface area contributed by atoms with Gasteiger partial charge in [0.15, 0.2) is 0 Å². The Bertz CT molecular complexity index is 1060. The van der Waals surface area contributed by atoms with Crippen molar-refractivity contribution in [1.82, 2.24) is 4.90 Å². The SMILES string of the molecule is O=C(Oc1ccc2cc(Br)ccc2c1)C1CCN(C(=O)c2ccc(F)cc2)CC1. The number of rotatable bonds is 3. The van der Waals surface area contributed by atoms with Crippen molar-refractivity contribution in [2.24, 2.45) is 5.92 Å². The van der Waals surface area contributed by atoms with Crippen LogP contribution in [0.3, 0.4) is 0 Å². The third-order valence-corrected chi connectivity index (χ3v) is 5.69. The summed E-state index contributed by atoms with van der Waals surface area (Å²) in [5.41, 5.74) is 0.454. The maximum absolute atomic E-state index is 13.0. The molecule has 1 aliphatic heterocycles. The average molecular weight is 456 g/mol. The predicted molar refractivity (Wildman–Crippen MR) is 112 cm³/mol. The molecule has 4 rings (SSSR count). The number of ether oxygens (including phenoxy) is 1. The Morgan fingerprint density at radius 3 is 2.31 bits per heavy atom. The summed E-state index contributed by atoms with van der Waals surface area (Å²) in [6.45, 7) is 0.948. The maximum atomic E-state index is 13.0. The van der Waals surface area contributed by atoms with Gasteiger partial charge >= 0.3 is 5.97 Å². The van der Waals surface area contributed by atoms with Crippen molar-refractivity contribution in [2.75, 3.05) is 13.1 Å². The van der Waals surface area contributed by atoms with Crippen LogP contribution >= 0.6 is 15.9 Å². The predicted octanol–water partition coefficient (Wildman–Crippen LogP) is 5.20. The number of hydrogen-bond donors (Lipinski definition) is 0. The van der Waals surface area contributed by atoms with Crippen LogP contribution in [-0.2, 0) is 4.79 Å². The number of carbonyl (C=O) groups excluding carboxylic acids is 2.